The van der Waals surface area contributed by atoms with E-state index in [1.807, 2.05) is 19.9 Å². The Morgan fingerprint density at radius 3 is 2.42 bits per heavy atom. The number of rotatable bonds is 5. The Hall–Kier alpha value is -4.06. The lowest BCUT2D eigenvalue weighted by atomic mass is 10.0. The maximum Gasteiger partial charge on any atom is 0.433 e. The van der Waals surface area contributed by atoms with Gasteiger partial charge < -0.3 is 5.32 Å². The Labute approximate surface area is 222 Å². The fraction of sp³-hybridized carbons (Fsp3) is 0.154. The standard InChI is InChI=1S/C26H19BrF4N6O/c1-14-3-6-17(9-15(14)2)20-10-22(26(29,30)31)37-23(32-20)11-21(34-37)25(38)33-24-19(27)13-36(35-24)12-16-4-7-18(28)8-5-16/h3-11,13H,12H2,1-2H3,(H,33,35,38). The molecule has 5 aromatic rings. The van der Waals surface area contributed by atoms with Crippen molar-refractivity contribution in [2.24, 2.45) is 0 Å². The highest BCUT2D eigenvalue weighted by Gasteiger charge is 2.35. The van der Waals surface area contributed by atoms with E-state index in [0.717, 1.165) is 22.8 Å². The normalized spacial score (nSPS) is 11.8. The average Bonchev–Trinajstić information content (AvgIpc) is 3.44. The summed E-state index contributed by atoms with van der Waals surface area (Å²) >= 11 is 3.32. The predicted octanol–water partition coefficient (Wildman–Crippen LogP) is 6.43. The number of nitrogens with one attached hydrogen (secondary N) is 1. The number of carbonyl (C=O) groups is 1. The van der Waals surface area contributed by atoms with Gasteiger partial charge in [0, 0.05) is 17.8 Å². The maximum atomic E-state index is 13.9. The molecule has 0 radical (unpaired) electrons. The van der Waals surface area contributed by atoms with E-state index in [9.17, 15) is 22.4 Å². The minimum absolute atomic E-state index is 0.113. The van der Waals surface area contributed by atoms with Crippen LogP contribution in [-0.2, 0) is 12.7 Å². The zero-order valence-electron chi connectivity index (χ0n) is 20.0. The van der Waals surface area contributed by atoms with E-state index in [-0.39, 0.29) is 28.7 Å². The van der Waals surface area contributed by atoms with Crippen LogP contribution in [0.2, 0.25) is 0 Å². The zero-order chi connectivity index (χ0) is 27.2. The van der Waals surface area contributed by atoms with Crippen LogP contribution in [-0.4, -0.2) is 30.3 Å². The van der Waals surface area contributed by atoms with Gasteiger partial charge in [0.05, 0.1) is 16.7 Å². The summed E-state index contributed by atoms with van der Waals surface area (Å²) in [7, 11) is 0. The summed E-state index contributed by atoms with van der Waals surface area (Å²) in [5.74, 6) is -0.974. The number of aromatic nitrogens is 5. The topological polar surface area (TPSA) is 77.1 Å². The molecule has 7 nitrogen and oxygen atoms in total. The lowest BCUT2D eigenvalue weighted by Gasteiger charge is -2.11. The first-order valence-corrected chi connectivity index (χ1v) is 12.1. The number of aryl methyl sites for hydroxylation is 2. The molecule has 12 heteroatoms. The molecule has 38 heavy (non-hydrogen) atoms. The number of carbonyl (C=O) groups excluding carboxylic acids is 1. The molecule has 0 aliphatic carbocycles. The van der Waals surface area contributed by atoms with Gasteiger partial charge in [-0.1, -0.05) is 24.3 Å². The number of alkyl halides is 3. The maximum absolute atomic E-state index is 13.9. The number of nitrogens with zero attached hydrogens (tertiary/aromatic N) is 5. The van der Waals surface area contributed by atoms with Crippen LogP contribution in [0.1, 0.15) is 32.9 Å². The van der Waals surface area contributed by atoms with Crippen molar-refractivity contribution >= 4 is 33.3 Å². The molecule has 2 aromatic carbocycles. The van der Waals surface area contributed by atoms with Crippen LogP contribution in [0.3, 0.4) is 0 Å². The second kappa shape index (κ2) is 9.67. The Morgan fingerprint density at radius 2 is 1.74 bits per heavy atom. The summed E-state index contributed by atoms with van der Waals surface area (Å²) in [4.78, 5) is 17.3. The molecule has 3 aromatic heterocycles. The average molecular weight is 587 g/mol. The third-order valence-corrected chi connectivity index (χ3v) is 6.54. The van der Waals surface area contributed by atoms with Crippen molar-refractivity contribution < 1.29 is 22.4 Å². The molecule has 1 N–H and O–H groups in total. The SMILES string of the molecule is Cc1ccc(-c2cc(C(F)(F)F)n3nc(C(=O)Nc4nn(Cc5ccc(F)cc5)cc4Br)cc3n2)cc1C. The minimum atomic E-state index is -4.74. The van der Waals surface area contributed by atoms with Gasteiger partial charge in [-0.3, -0.25) is 9.48 Å². The molecular formula is C26H19BrF4N6O. The third kappa shape index (κ3) is 5.17. The van der Waals surface area contributed by atoms with Crippen molar-refractivity contribution in [3.05, 3.63) is 99.2 Å². The second-order valence-electron chi connectivity index (χ2n) is 8.73. The van der Waals surface area contributed by atoms with Gasteiger partial charge in [-0.15, -0.1) is 0 Å². The third-order valence-electron chi connectivity index (χ3n) is 5.96. The molecule has 0 unspecified atom stereocenters. The molecule has 0 aliphatic heterocycles. The molecule has 1 amide bonds. The quantitative estimate of drug-likeness (QED) is 0.241. The van der Waals surface area contributed by atoms with E-state index < -0.39 is 17.8 Å². The monoisotopic (exact) mass is 586 g/mol. The Kier molecular flexibility index (Phi) is 6.51. The van der Waals surface area contributed by atoms with E-state index >= 15 is 0 Å². The van der Waals surface area contributed by atoms with E-state index in [1.165, 1.54) is 22.9 Å². The fourth-order valence-corrected chi connectivity index (χ4v) is 4.26. The van der Waals surface area contributed by atoms with Gasteiger partial charge in [-0.05, 0) is 70.7 Å². The zero-order valence-corrected chi connectivity index (χ0v) is 21.6. The van der Waals surface area contributed by atoms with Crippen molar-refractivity contribution in [3.8, 4) is 11.3 Å². The molecule has 0 atom stereocenters. The van der Waals surface area contributed by atoms with Gasteiger partial charge in [0.2, 0.25) is 0 Å². The fourth-order valence-electron chi connectivity index (χ4n) is 3.85. The lowest BCUT2D eigenvalue weighted by Crippen LogP contribution is -2.16. The van der Waals surface area contributed by atoms with Gasteiger partial charge in [0.15, 0.2) is 22.9 Å². The predicted molar refractivity (Wildman–Crippen MR) is 136 cm³/mol. The van der Waals surface area contributed by atoms with Crippen molar-refractivity contribution in [1.29, 1.82) is 0 Å². The summed E-state index contributed by atoms with van der Waals surface area (Å²) < 4.78 is 57.6. The summed E-state index contributed by atoms with van der Waals surface area (Å²) in [5.41, 5.74) is 1.88. The molecule has 0 saturated carbocycles. The van der Waals surface area contributed by atoms with Gasteiger partial charge in [0.1, 0.15) is 5.82 Å². The van der Waals surface area contributed by atoms with Crippen LogP contribution < -0.4 is 5.32 Å². The van der Waals surface area contributed by atoms with Gasteiger partial charge >= 0.3 is 6.18 Å². The van der Waals surface area contributed by atoms with Crippen LogP contribution in [0.5, 0.6) is 0 Å². The lowest BCUT2D eigenvalue weighted by molar-refractivity contribution is -0.142. The second-order valence-corrected chi connectivity index (χ2v) is 9.58. The minimum Gasteiger partial charge on any atom is -0.303 e. The van der Waals surface area contributed by atoms with Crippen molar-refractivity contribution in [2.45, 2.75) is 26.6 Å². The Bertz CT molecular complexity index is 1670. The molecule has 0 bridgehead atoms. The summed E-state index contributed by atoms with van der Waals surface area (Å²) in [6.07, 6.45) is -3.13. The van der Waals surface area contributed by atoms with Gasteiger partial charge in [0.25, 0.3) is 5.91 Å². The number of amides is 1. The molecule has 0 fully saturated rings. The number of hydrogen-bond acceptors (Lipinski definition) is 4. The van der Waals surface area contributed by atoms with Crippen molar-refractivity contribution in [2.75, 3.05) is 5.32 Å². The van der Waals surface area contributed by atoms with Crippen LogP contribution in [0.25, 0.3) is 16.9 Å². The summed E-state index contributed by atoms with van der Waals surface area (Å²) in [6.45, 7) is 4.08. The smallest absolute Gasteiger partial charge is 0.303 e. The number of hydrogen-bond donors (Lipinski definition) is 1. The highest BCUT2D eigenvalue weighted by atomic mass is 79.9. The van der Waals surface area contributed by atoms with E-state index in [4.69, 9.17) is 0 Å². The van der Waals surface area contributed by atoms with Crippen LogP contribution >= 0.6 is 15.9 Å². The van der Waals surface area contributed by atoms with Crippen molar-refractivity contribution in [1.82, 2.24) is 24.4 Å². The van der Waals surface area contributed by atoms with Gasteiger partial charge in [-0.25, -0.2) is 13.9 Å². The number of fused-ring (bicyclic) bond motifs is 1. The highest BCUT2D eigenvalue weighted by molar-refractivity contribution is 9.10. The molecule has 0 saturated heterocycles. The molecule has 0 spiro atoms. The largest absolute Gasteiger partial charge is 0.433 e. The number of benzene rings is 2. The van der Waals surface area contributed by atoms with Gasteiger partial charge in [-0.2, -0.15) is 23.4 Å². The molecule has 0 aliphatic rings. The molecule has 194 valence electrons. The Balaban J connectivity index is 1.45. The first-order chi connectivity index (χ1) is 18.0. The molecule has 5 rings (SSSR count). The van der Waals surface area contributed by atoms with E-state index in [1.54, 1.807) is 30.5 Å². The summed E-state index contributed by atoms with van der Waals surface area (Å²) in [6, 6.07) is 13.3. The molecule has 3 heterocycles. The number of halogens is 5. The summed E-state index contributed by atoms with van der Waals surface area (Å²) in [5, 5.41) is 10.7. The van der Waals surface area contributed by atoms with E-state index in [2.05, 4.69) is 36.4 Å². The highest BCUT2D eigenvalue weighted by Crippen LogP contribution is 2.33. The number of anilines is 1. The first kappa shape index (κ1) is 25.6. The van der Waals surface area contributed by atoms with Crippen LogP contribution in [0.4, 0.5) is 23.4 Å². The van der Waals surface area contributed by atoms with Crippen LogP contribution in [0, 0.1) is 19.7 Å². The van der Waals surface area contributed by atoms with Crippen molar-refractivity contribution in [3.63, 3.8) is 0 Å². The molecular weight excluding hydrogens is 568 g/mol. The first-order valence-electron chi connectivity index (χ1n) is 11.3. The van der Waals surface area contributed by atoms with Crippen LogP contribution in [0.15, 0.2) is 65.3 Å². The Morgan fingerprint density at radius 1 is 1.00 bits per heavy atom. The van der Waals surface area contributed by atoms with E-state index in [0.29, 0.717) is 21.1 Å².